The molecule has 25 heteroatoms. The first-order valence-corrected chi connectivity index (χ1v) is 3.83. The Hall–Kier alpha value is 2.05. The van der Waals surface area contributed by atoms with Crippen molar-refractivity contribution in [1.29, 1.82) is 0 Å². The molecular formula is C6H14K4O21. The molecule has 0 spiro atoms. The Morgan fingerprint density at radius 2 is 0.355 bits per heavy atom. The Labute approximate surface area is 340 Å². The summed E-state index contributed by atoms with van der Waals surface area (Å²) in [6.45, 7) is 0. The third kappa shape index (κ3) is 6910. The minimum absolute atomic E-state index is 0. The zero-order valence-corrected chi connectivity index (χ0v) is 28.7. The van der Waals surface area contributed by atoms with E-state index < -0.39 is 36.9 Å². The predicted molar refractivity (Wildman–Crippen MR) is 64.2 cm³/mol. The van der Waals surface area contributed by atoms with Crippen LogP contribution >= 0.6 is 0 Å². The molecular weight excluding hydrogens is 564 g/mol. The van der Waals surface area contributed by atoms with Crippen LogP contribution in [0.15, 0.2) is 0 Å². The topological polar surface area (TPSA) is 451 Å². The molecule has 0 bridgehead atoms. The zero-order valence-electron chi connectivity index (χ0n) is 16.2. The van der Waals surface area contributed by atoms with E-state index in [2.05, 4.69) is 0 Å². The van der Waals surface area contributed by atoms with Gasteiger partial charge in [0.05, 0.1) is 0 Å². The van der Waals surface area contributed by atoms with Crippen LogP contribution < -0.4 is 226 Å². The van der Waals surface area contributed by atoms with Crippen molar-refractivity contribution in [3.05, 3.63) is 0 Å². The largest absolute Gasteiger partial charge is 1.00 e. The van der Waals surface area contributed by atoms with Crippen molar-refractivity contribution < 1.29 is 312 Å². The summed E-state index contributed by atoms with van der Waals surface area (Å²) < 4.78 is 0. The SMILES string of the molecule is O.O.O.O=C(O)O.O=C(O)O.O=C([O-])O.O=C([O-])O.O=C([O-])O.O=C([O-])O.[K+].[K+].[K+].[K+]. The van der Waals surface area contributed by atoms with Crippen LogP contribution in [0, 0.1) is 0 Å². The van der Waals surface area contributed by atoms with Gasteiger partial charge in [-0.2, -0.15) is 0 Å². The van der Waals surface area contributed by atoms with Crippen LogP contribution in [0.2, 0.25) is 0 Å². The van der Waals surface area contributed by atoms with Gasteiger partial charge in [-0.05, 0) is 0 Å². The van der Waals surface area contributed by atoms with Gasteiger partial charge in [-0.1, -0.05) is 0 Å². The van der Waals surface area contributed by atoms with Gasteiger partial charge in [0.2, 0.25) is 24.6 Å². The third-order valence-corrected chi connectivity index (χ3v) is 0. The first kappa shape index (κ1) is 84.5. The van der Waals surface area contributed by atoms with Crippen molar-refractivity contribution in [3.63, 3.8) is 0 Å². The number of rotatable bonds is 0. The second-order valence-corrected chi connectivity index (χ2v) is 1.63. The first-order valence-electron chi connectivity index (χ1n) is 3.83. The number of carbonyl (C=O) groups is 6. The normalized spacial score (nSPS) is 4.65. The summed E-state index contributed by atoms with van der Waals surface area (Å²) in [7, 11) is 0. The molecule has 0 rings (SSSR count). The number of hydrogen-bond donors (Lipinski definition) is 8. The Morgan fingerprint density at radius 1 is 0.355 bits per heavy atom. The van der Waals surface area contributed by atoms with Crippen molar-refractivity contribution in [1.82, 2.24) is 0 Å². The van der Waals surface area contributed by atoms with E-state index >= 15 is 0 Å². The van der Waals surface area contributed by atoms with Gasteiger partial charge in [-0.15, -0.1) is 0 Å². The Morgan fingerprint density at radius 3 is 0.355 bits per heavy atom. The standard InChI is InChI=1S/6CH2O3.4K.3H2O/c6*2-1(3)4;;;;;;;/h6*(H2,2,3,4);;;;;3*1H2/q;;;;;;4*+1;;;/p-4. The molecule has 0 unspecified atom stereocenters. The molecule has 0 radical (unpaired) electrons. The van der Waals surface area contributed by atoms with Crippen LogP contribution in [-0.4, -0.2) is 94.2 Å². The fourth-order valence-electron chi connectivity index (χ4n) is 0. The van der Waals surface area contributed by atoms with Crippen LogP contribution in [0.4, 0.5) is 28.8 Å². The monoisotopic (exact) mass is 578 g/mol. The Bertz CT molecular complexity index is 269. The fourth-order valence-corrected chi connectivity index (χ4v) is 0. The molecule has 14 N–H and O–H groups in total. The average molecular weight is 579 g/mol. The van der Waals surface area contributed by atoms with Crippen molar-refractivity contribution in [2.24, 2.45) is 0 Å². The van der Waals surface area contributed by atoms with Crippen molar-refractivity contribution >= 4 is 36.9 Å². The molecule has 0 aliphatic heterocycles. The molecule has 31 heavy (non-hydrogen) atoms. The van der Waals surface area contributed by atoms with E-state index in [0.29, 0.717) is 0 Å². The minimum atomic E-state index is -2.08. The molecule has 0 aliphatic carbocycles. The molecule has 0 heterocycles. The molecule has 0 saturated heterocycles. The molecule has 0 saturated carbocycles. The van der Waals surface area contributed by atoms with E-state index in [1.807, 2.05) is 0 Å². The first-order chi connectivity index (χ1) is 10.4. The van der Waals surface area contributed by atoms with E-state index in [9.17, 15) is 0 Å². The van der Waals surface area contributed by atoms with Crippen LogP contribution in [0.25, 0.3) is 0 Å². The molecule has 0 atom stereocenters. The van der Waals surface area contributed by atoms with Gasteiger partial charge in [-0.25, -0.2) is 9.59 Å². The number of carboxylic acid groups (broad SMARTS) is 12. The van der Waals surface area contributed by atoms with Gasteiger partial charge in [0.1, 0.15) is 0 Å². The smallest absolute Gasteiger partial charge is 0.565 e. The van der Waals surface area contributed by atoms with Gasteiger partial charge >= 0.3 is 218 Å². The van der Waals surface area contributed by atoms with E-state index in [0.717, 1.165) is 0 Å². The Balaban J connectivity index is -0.0000000109. The van der Waals surface area contributed by atoms with E-state index in [1.165, 1.54) is 0 Å². The summed E-state index contributed by atoms with van der Waals surface area (Å²) in [4.78, 5) is 50.9. The minimum Gasteiger partial charge on any atom is -0.565 e. The molecule has 0 aromatic rings. The predicted octanol–water partition coefficient (Wildman–Crippen LogP) is -18.5. The molecule has 0 amide bonds. The maximum atomic E-state index is 8.56. The summed E-state index contributed by atoms with van der Waals surface area (Å²) in [6, 6.07) is 0. The van der Waals surface area contributed by atoms with Crippen LogP contribution in [0.5, 0.6) is 0 Å². The molecule has 168 valence electrons. The van der Waals surface area contributed by atoms with Gasteiger partial charge in [0, 0.05) is 0 Å². The molecule has 0 aliphatic rings. The van der Waals surface area contributed by atoms with Gasteiger partial charge < -0.3 is 96.9 Å². The van der Waals surface area contributed by atoms with E-state index in [4.69, 9.17) is 90.0 Å². The third-order valence-electron chi connectivity index (χ3n) is 0. The van der Waals surface area contributed by atoms with E-state index in [1.54, 1.807) is 0 Å². The van der Waals surface area contributed by atoms with Gasteiger partial charge in [0.25, 0.3) is 0 Å². The summed E-state index contributed by atoms with van der Waals surface area (Å²) in [5, 5.41) is 89.1. The average Bonchev–Trinajstić information content (AvgIpc) is 2.08. The fraction of sp³-hybridized carbons (Fsp3) is 0. The maximum Gasteiger partial charge on any atom is 1.00 e. The van der Waals surface area contributed by atoms with Crippen molar-refractivity contribution in [3.8, 4) is 0 Å². The summed E-state index contributed by atoms with van der Waals surface area (Å²) in [6.07, 6.45) is -12.0. The van der Waals surface area contributed by atoms with Crippen LogP contribution in [0.3, 0.4) is 0 Å². The molecule has 0 aromatic heterocycles. The van der Waals surface area contributed by atoms with E-state index in [-0.39, 0.29) is 222 Å². The number of hydrogen-bond acceptors (Lipinski definition) is 10. The summed E-state index contributed by atoms with van der Waals surface area (Å²) in [5.74, 6) is 0. The van der Waals surface area contributed by atoms with Crippen molar-refractivity contribution in [2.45, 2.75) is 0 Å². The molecule has 0 fully saturated rings. The second-order valence-electron chi connectivity index (χ2n) is 1.63. The van der Waals surface area contributed by atoms with Gasteiger partial charge in [0.15, 0.2) is 0 Å². The quantitative estimate of drug-likeness (QED) is 0.124. The van der Waals surface area contributed by atoms with Crippen LogP contribution in [-0.2, 0) is 0 Å². The summed E-state index contributed by atoms with van der Waals surface area (Å²) >= 11 is 0. The van der Waals surface area contributed by atoms with Crippen molar-refractivity contribution in [2.75, 3.05) is 0 Å². The Kier molecular flexibility index (Phi) is 209. The molecule has 0 aromatic carbocycles. The van der Waals surface area contributed by atoms with Gasteiger partial charge in [-0.3, -0.25) is 0 Å². The summed E-state index contributed by atoms with van der Waals surface area (Å²) in [5.41, 5.74) is 0. The zero-order chi connectivity index (χ0) is 21.5. The second kappa shape index (κ2) is 76.9. The molecule has 21 nitrogen and oxygen atoms in total. The van der Waals surface area contributed by atoms with Crippen LogP contribution in [0.1, 0.15) is 0 Å². The maximum absolute atomic E-state index is 8.56.